The Morgan fingerprint density at radius 3 is 2.47 bits per heavy atom. The van der Waals surface area contributed by atoms with E-state index in [-0.39, 0.29) is 34.6 Å². The highest BCUT2D eigenvalue weighted by atomic mass is 19.2. The lowest BCUT2D eigenvalue weighted by Crippen LogP contribution is -2.44. The van der Waals surface area contributed by atoms with Crippen LogP contribution in [0.1, 0.15) is 25.8 Å². The highest BCUT2D eigenvalue weighted by Crippen LogP contribution is 2.36. The summed E-state index contributed by atoms with van der Waals surface area (Å²) in [7, 11) is 0. The molecule has 3 heterocycles. The predicted octanol–water partition coefficient (Wildman–Crippen LogP) is 5.01. The van der Waals surface area contributed by atoms with Gasteiger partial charge < -0.3 is 20.4 Å². The van der Waals surface area contributed by atoms with Crippen molar-refractivity contribution in [3.05, 3.63) is 59.3 Å². The number of fused-ring (bicyclic) bond motifs is 1. The summed E-state index contributed by atoms with van der Waals surface area (Å²) in [6.45, 7) is 7.33. The van der Waals surface area contributed by atoms with E-state index in [9.17, 15) is 13.2 Å². The van der Waals surface area contributed by atoms with Crippen LogP contribution >= 0.6 is 0 Å². The molecule has 0 saturated carbocycles. The van der Waals surface area contributed by atoms with Gasteiger partial charge in [-0.1, -0.05) is 0 Å². The SMILES string of the molecule is CC(C)N1CCCc2c(F)cc(-c3nc(Nc4ccc(N5CCNCC5)c(F)c4F)ncc3F)cc21. The third-order valence-electron chi connectivity index (χ3n) is 6.71. The molecule has 2 N–H and O–H groups in total. The summed E-state index contributed by atoms with van der Waals surface area (Å²) in [5.41, 5.74) is 1.46. The van der Waals surface area contributed by atoms with Gasteiger partial charge in [0.1, 0.15) is 11.5 Å². The molecule has 10 heteroatoms. The van der Waals surface area contributed by atoms with Crippen LogP contribution in [0.25, 0.3) is 11.3 Å². The summed E-state index contributed by atoms with van der Waals surface area (Å²) >= 11 is 0. The first kappa shape index (κ1) is 24.3. The Morgan fingerprint density at radius 1 is 0.944 bits per heavy atom. The van der Waals surface area contributed by atoms with E-state index in [1.165, 1.54) is 18.2 Å². The predicted molar refractivity (Wildman–Crippen MR) is 133 cm³/mol. The lowest BCUT2D eigenvalue weighted by Gasteiger charge is -2.35. The van der Waals surface area contributed by atoms with Crippen LogP contribution in [0.3, 0.4) is 0 Å². The Hall–Kier alpha value is -3.40. The molecule has 0 radical (unpaired) electrons. The number of anilines is 4. The number of hydrogen-bond acceptors (Lipinski definition) is 6. The summed E-state index contributed by atoms with van der Waals surface area (Å²) in [5.74, 6) is -3.34. The Bertz CT molecular complexity index is 1280. The molecule has 0 bridgehead atoms. The van der Waals surface area contributed by atoms with Crippen molar-refractivity contribution >= 4 is 23.0 Å². The van der Waals surface area contributed by atoms with Gasteiger partial charge in [-0.05, 0) is 51.0 Å². The van der Waals surface area contributed by atoms with Crippen molar-refractivity contribution in [1.29, 1.82) is 0 Å². The normalized spacial score (nSPS) is 15.9. The Labute approximate surface area is 207 Å². The Balaban J connectivity index is 1.47. The Kier molecular flexibility index (Phi) is 6.70. The van der Waals surface area contributed by atoms with Crippen LogP contribution in [0, 0.1) is 23.3 Å². The minimum atomic E-state index is -1.08. The molecule has 5 rings (SSSR count). The summed E-state index contributed by atoms with van der Waals surface area (Å²) in [6, 6.07) is 6.04. The van der Waals surface area contributed by atoms with Crippen molar-refractivity contribution < 1.29 is 17.6 Å². The molecule has 0 amide bonds. The van der Waals surface area contributed by atoms with Crippen molar-refractivity contribution in [1.82, 2.24) is 15.3 Å². The molecule has 2 aliphatic rings. The second kappa shape index (κ2) is 9.93. The highest BCUT2D eigenvalue weighted by Gasteiger charge is 2.25. The molecule has 3 aromatic rings. The van der Waals surface area contributed by atoms with E-state index >= 15 is 4.39 Å². The molecular formula is C26H28F4N6. The molecule has 1 aromatic heterocycles. The zero-order valence-corrected chi connectivity index (χ0v) is 20.2. The topological polar surface area (TPSA) is 56.3 Å². The van der Waals surface area contributed by atoms with Crippen LogP contribution in [0.5, 0.6) is 0 Å². The number of rotatable bonds is 5. The monoisotopic (exact) mass is 500 g/mol. The lowest BCUT2D eigenvalue weighted by atomic mass is 9.96. The van der Waals surface area contributed by atoms with E-state index in [1.54, 1.807) is 11.0 Å². The van der Waals surface area contributed by atoms with Gasteiger partial charge in [0.2, 0.25) is 5.95 Å². The molecule has 1 fully saturated rings. The molecule has 1 saturated heterocycles. The van der Waals surface area contributed by atoms with Crippen molar-refractivity contribution in [2.75, 3.05) is 47.8 Å². The molecule has 190 valence electrons. The Morgan fingerprint density at radius 2 is 1.72 bits per heavy atom. The molecule has 0 unspecified atom stereocenters. The van der Waals surface area contributed by atoms with Crippen molar-refractivity contribution in [2.24, 2.45) is 0 Å². The summed E-state index contributed by atoms with van der Waals surface area (Å²) in [5, 5.41) is 5.82. The van der Waals surface area contributed by atoms with E-state index in [0.717, 1.165) is 24.8 Å². The molecule has 2 aromatic carbocycles. The summed E-state index contributed by atoms with van der Waals surface area (Å²) in [4.78, 5) is 11.9. The maximum Gasteiger partial charge on any atom is 0.228 e. The van der Waals surface area contributed by atoms with Crippen LogP contribution in [-0.2, 0) is 6.42 Å². The van der Waals surface area contributed by atoms with Gasteiger partial charge in [-0.15, -0.1) is 0 Å². The standard InChI is InChI=1S/C26H28F4N6/c1-15(2)36-9-3-4-17-18(27)12-16(13-22(17)36)25-19(28)14-32-26(34-25)33-20-5-6-21(24(30)23(20)29)35-10-7-31-8-11-35/h5-6,12-15,31H,3-4,7-11H2,1-2H3,(H,32,33,34). The summed E-state index contributed by atoms with van der Waals surface area (Å²) < 4.78 is 59.5. The molecular weight excluding hydrogens is 472 g/mol. The zero-order chi connectivity index (χ0) is 25.4. The molecule has 2 aliphatic heterocycles. The molecule has 0 aliphatic carbocycles. The fraction of sp³-hybridized carbons (Fsp3) is 0.385. The van der Waals surface area contributed by atoms with Crippen LogP contribution in [-0.4, -0.2) is 48.7 Å². The van der Waals surface area contributed by atoms with Gasteiger partial charge in [0.15, 0.2) is 17.5 Å². The van der Waals surface area contributed by atoms with Crippen molar-refractivity contribution in [2.45, 2.75) is 32.7 Å². The van der Waals surface area contributed by atoms with Gasteiger partial charge in [0, 0.05) is 55.6 Å². The van der Waals surface area contributed by atoms with Crippen LogP contribution in [0.4, 0.5) is 40.6 Å². The first-order valence-electron chi connectivity index (χ1n) is 12.2. The van der Waals surface area contributed by atoms with Crippen molar-refractivity contribution in [3.63, 3.8) is 0 Å². The largest absolute Gasteiger partial charge is 0.369 e. The van der Waals surface area contributed by atoms with Gasteiger partial charge in [0.25, 0.3) is 0 Å². The average molecular weight is 501 g/mol. The first-order valence-corrected chi connectivity index (χ1v) is 12.2. The van der Waals surface area contributed by atoms with E-state index in [1.807, 2.05) is 13.8 Å². The third kappa shape index (κ3) is 4.57. The molecule has 6 nitrogen and oxygen atoms in total. The van der Waals surface area contributed by atoms with Gasteiger partial charge in [-0.2, -0.15) is 0 Å². The third-order valence-corrected chi connectivity index (χ3v) is 6.71. The van der Waals surface area contributed by atoms with E-state index < -0.39 is 23.3 Å². The second-order valence-corrected chi connectivity index (χ2v) is 9.36. The fourth-order valence-corrected chi connectivity index (χ4v) is 4.88. The van der Waals surface area contributed by atoms with E-state index in [2.05, 4.69) is 25.5 Å². The van der Waals surface area contributed by atoms with E-state index in [0.29, 0.717) is 38.2 Å². The first-order chi connectivity index (χ1) is 17.3. The lowest BCUT2D eigenvalue weighted by molar-refractivity contribution is 0.502. The average Bonchev–Trinajstić information content (AvgIpc) is 2.88. The van der Waals surface area contributed by atoms with Crippen molar-refractivity contribution in [3.8, 4) is 11.3 Å². The number of piperazine rings is 1. The smallest absolute Gasteiger partial charge is 0.228 e. The van der Waals surface area contributed by atoms with Gasteiger partial charge in [-0.25, -0.2) is 27.5 Å². The highest BCUT2D eigenvalue weighted by molar-refractivity contribution is 5.71. The van der Waals surface area contributed by atoms with E-state index in [4.69, 9.17) is 0 Å². The van der Waals surface area contributed by atoms with Gasteiger partial charge in [0.05, 0.1) is 17.6 Å². The maximum atomic E-state index is 15.0. The summed E-state index contributed by atoms with van der Waals surface area (Å²) in [6.07, 6.45) is 2.39. The number of nitrogens with one attached hydrogen (secondary N) is 2. The van der Waals surface area contributed by atoms with Gasteiger partial charge in [-0.3, -0.25) is 0 Å². The number of nitrogens with zero attached hydrogens (tertiary/aromatic N) is 4. The van der Waals surface area contributed by atoms with Crippen LogP contribution in [0.2, 0.25) is 0 Å². The second-order valence-electron chi connectivity index (χ2n) is 9.36. The number of hydrogen-bond donors (Lipinski definition) is 2. The van der Waals surface area contributed by atoms with Crippen LogP contribution in [0.15, 0.2) is 30.5 Å². The minimum Gasteiger partial charge on any atom is -0.369 e. The fourth-order valence-electron chi connectivity index (χ4n) is 4.88. The molecule has 0 spiro atoms. The number of benzene rings is 2. The molecule has 0 atom stereocenters. The number of halogens is 4. The number of aromatic nitrogens is 2. The van der Waals surface area contributed by atoms with Gasteiger partial charge >= 0.3 is 0 Å². The van der Waals surface area contributed by atoms with Crippen LogP contribution < -0.4 is 20.4 Å². The maximum absolute atomic E-state index is 15.0. The zero-order valence-electron chi connectivity index (χ0n) is 20.2. The molecule has 36 heavy (non-hydrogen) atoms. The minimum absolute atomic E-state index is 0.123. The quantitative estimate of drug-likeness (QED) is 0.480.